The fourth-order valence-electron chi connectivity index (χ4n) is 2.41. The van der Waals surface area contributed by atoms with Crippen molar-refractivity contribution < 1.29 is 18.4 Å². The van der Waals surface area contributed by atoms with Crippen molar-refractivity contribution in [3.05, 3.63) is 77.4 Å². The summed E-state index contributed by atoms with van der Waals surface area (Å²) in [5.74, 6) is -2.16. The standard InChI is InChI=1S/C20H17F2N5O2/c1-3-17(27-29-20-16(22)8-14(21)10-25-20)13-4-5-18(24-9-13)26-19(28)15-11-23-7-6-12(15)2/h4-11H,3H2,1-2H3,(H,24,26,28)/b27-17-. The van der Waals surface area contributed by atoms with E-state index in [1.165, 1.54) is 12.4 Å². The van der Waals surface area contributed by atoms with Crippen LogP contribution in [-0.2, 0) is 0 Å². The van der Waals surface area contributed by atoms with Gasteiger partial charge in [0.2, 0.25) is 0 Å². The van der Waals surface area contributed by atoms with E-state index in [0.29, 0.717) is 35.1 Å². The van der Waals surface area contributed by atoms with Crippen molar-refractivity contribution in [3.63, 3.8) is 0 Å². The van der Waals surface area contributed by atoms with Gasteiger partial charge in [-0.3, -0.25) is 9.78 Å². The molecule has 0 fully saturated rings. The van der Waals surface area contributed by atoms with Crippen molar-refractivity contribution in [3.8, 4) is 5.88 Å². The number of carbonyl (C=O) groups is 1. The average Bonchev–Trinajstić information content (AvgIpc) is 2.71. The van der Waals surface area contributed by atoms with Gasteiger partial charge in [0.1, 0.15) is 11.6 Å². The average molecular weight is 397 g/mol. The van der Waals surface area contributed by atoms with Crippen LogP contribution in [0.25, 0.3) is 0 Å². The quantitative estimate of drug-likeness (QED) is 0.503. The highest BCUT2D eigenvalue weighted by atomic mass is 19.1. The molecule has 0 radical (unpaired) electrons. The summed E-state index contributed by atoms with van der Waals surface area (Å²) in [6, 6.07) is 5.71. The molecule has 7 nitrogen and oxygen atoms in total. The Morgan fingerprint density at radius 3 is 2.66 bits per heavy atom. The van der Waals surface area contributed by atoms with Crippen LogP contribution in [-0.4, -0.2) is 26.6 Å². The van der Waals surface area contributed by atoms with Gasteiger partial charge >= 0.3 is 0 Å². The van der Waals surface area contributed by atoms with E-state index >= 15 is 0 Å². The minimum Gasteiger partial charge on any atom is -0.333 e. The Balaban J connectivity index is 1.72. The van der Waals surface area contributed by atoms with Crippen molar-refractivity contribution in [2.75, 3.05) is 5.32 Å². The van der Waals surface area contributed by atoms with Crippen LogP contribution >= 0.6 is 0 Å². The van der Waals surface area contributed by atoms with Crippen LogP contribution in [0.1, 0.15) is 34.8 Å². The number of hydrogen-bond acceptors (Lipinski definition) is 6. The zero-order valence-electron chi connectivity index (χ0n) is 15.7. The molecule has 1 amide bonds. The molecule has 3 rings (SSSR count). The maximum Gasteiger partial charge on any atom is 0.284 e. The van der Waals surface area contributed by atoms with E-state index in [2.05, 4.69) is 25.4 Å². The molecule has 29 heavy (non-hydrogen) atoms. The maximum absolute atomic E-state index is 13.6. The Hall–Kier alpha value is -3.75. The minimum atomic E-state index is -0.953. The van der Waals surface area contributed by atoms with E-state index in [9.17, 15) is 13.6 Å². The van der Waals surface area contributed by atoms with Crippen LogP contribution in [0.2, 0.25) is 0 Å². The van der Waals surface area contributed by atoms with Gasteiger partial charge in [0.15, 0.2) is 5.82 Å². The molecule has 0 aromatic carbocycles. The highest BCUT2D eigenvalue weighted by Crippen LogP contribution is 2.16. The summed E-state index contributed by atoms with van der Waals surface area (Å²) in [5, 5.41) is 6.58. The number of anilines is 1. The van der Waals surface area contributed by atoms with E-state index < -0.39 is 17.5 Å². The van der Waals surface area contributed by atoms with Crippen molar-refractivity contribution in [1.82, 2.24) is 15.0 Å². The molecule has 0 aliphatic carbocycles. The third-order valence-corrected chi connectivity index (χ3v) is 3.97. The first-order valence-corrected chi connectivity index (χ1v) is 8.71. The second kappa shape index (κ2) is 8.96. The first-order chi connectivity index (χ1) is 14.0. The molecule has 1 N–H and O–H groups in total. The van der Waals surface area contributed by atoms with Crippen LogP contribution in [0.4, 0.5) is 14.6 Å². The fourth-order valence-corrected chi connectivity index (χ4v) is 2.41. The lowest BCUT2D eigenvalue weighted by Crippen LogP contribution is -2.15. The van der Waals surface area contributed by atoms with E-state index in [0.717, 1.165) is 11.8 Å². The second-order valence-corrected chi connectivity index (χ2v) is 6.00. The lowest BCUT2D eigenvalue weighted by atomic mass is 10.1. The van der Waals surface area contributed by atoms with Crippen molar-refractivity contribution in [2.45, 2.75) is 20.3 Å². The van der Waals surface area contributed by atoms with Gasteiger partial charge in [0.05, 0.1) is 17.5 Å². The molecule has 3 aromatic heterocycles. The summed E-state index contributed by atoms with van der Waals surface area (Å²) in [6.07, 6.45) is 5.90. The number of pyridine rings is 3. The van der Waals surface area contributed by atoms with Crippen LogP contribution in [0.15, 0.2) is 54.2 Å². The fraction of sp³-hybridized carbons (Fsp3) is 0.150. The molecule has 0 saturated heterocycles. The largest absolute Gasteiger partial charge is 0.333 e. The van der Waals surface area contributed by atoms with Gasteiger partial charge in [-0.05, 0) is 37.1 Å². The van der Waals surface area contributed by atoms with Crippen LogP contribution < -0.4 is 10.2 Å². The first kappa shape index (κ1) is 20.0. The van der Waals surface area contributed by atoms with Gasteiger partial charge in [-0.1, -0.05) is 12.1 Å². The molecule has 0 aliphatic rings. The number of halogens is 2. The molecule has 0 saturated carbocycles. The monoisotopic (exact) mass is 397 g/mol. The van der Waals surface area contributed by atoms with E-state index in [-0.39, 0.29) is 5.91 Å². The normalized spacial score (nSPS) is 11.2. The van der Waals surface area contributed by atoms with Crippen LogP contribution in [0.3, 0.4) is 0 Å². The zero-order valence-corrected chi connectivity index (χ0v) is 15.7. The highest BCUT2D eigenvalue weighted by molar-refractivity contribution is 6.05. The number of nitrogens with zero attached hydrogens (tertiary/aromatic N) is 4. The number of oxime groups is 1. The molecule has 3 heterocycles. The third-order valence-electron chi connectivity index (χ3n) is 3.97. The van der Waals surface area contributed by atoms with Gasteiger partial charge in [0, 0.05) is 30.2 Å². The Kier molecular flexibility index (Phi) is 6.18. The second-order valence-electron chi connectivity index (χ2n) is 6.00. The molecule has 0 unspecified atom stereocenters. The summed E-state index contributed by atoms with van der Waals surface area (Å²) in [6.45, 7) is 3.65. The predicted octanol–water partition coefficient (Wildman–Crippen LogP) is 3.90. The van der Waals surface area contributed by atoms with Gasteiger partial charge in [0.25, 0.3) is 11.8 Å². The third kappa shape index (κ3) is 4.95. The number of aromatic nitrogens is 3. The summed E-state index contributed by atoms with van der Waals surface area (Å²) in [7, 11) is 0. The summed E-state index contributed by atoms with van der Waals surface area (Å²) in [5.41, 5.74) is 2.35. The molecule has 0 bridgehead atoms. The number of amides is 1. The summed E-state index contributed by atoms with van der Waals surface area (Å²) < 4.78 is 26.5. The van der Waals surface area contributed by atoms with Crippen molar-refractivity contribution in [1.29, 1.82) is 0 Å². The molecule has 0 spiro atoms. The number of hydrogen-bond donors (Lipinski definition) is 1. The molecule has 9 heteroatoms. The molecular formula is C20H17F2N5O2. The van der Waals surface area contributed by atoms with Crippen LogP contribution in [0, 0.1) is 18.6 Å². The molecule has 0 atom stereocenters. The molecule has 0 aliphatic heterocycles. The lowest BCUT2D eigenvalue weighted by Gasteiger charge is -2.08. The van der Waals surface area contributed by atoms with Crippen LogP contribution in [0.5, 0.6) is 5.88 Å². The Bertz CT molecular complexity index is 1050. The van der Waals surface area contributed by atoms with E-state index in [1.54, 1.807) is 24.4 Å². The topological polar surface area (TPSA) is 89.4 Å². The minimum absolute atomic E-state index is 0.318. The van der Waals surface area contributed by atoms with E-state index in [4.69, 9.17) is 4.84 Å². The number of rotatable bonds is 6. The number of aryl methyl sites for hydroxylation is 1. The SMILES string of the molecule is CC/C(=N/Oc1ncc(F)cc1F)c1ccc(NC(=O)c2cnccc2C)nc1. The molecule has 3 aromatic rings. The number of carbonyl (C=O) groups excluding carboxylic acids is 1. The Morgan fingerprint density at radius 1 is 1.17 bits per heavy atom. The van der Waals surface area contributed by atoms with Gasteiger partial charge < -0.3 is 10.2 Å². The van der Waals surface area contributed by atoms with E-state index in [1.807, 2.05) is 13.8 Å². The smallest absolute Gasteiger partial charge is 0.284 e. The van der Waals surface area contributed by atoms with Gasteiger partial charge in [-0.15, -0.1) is 0 Å². The Morgan fingerprint density at radius 2 is 2.00 bits per heavy atom. The van der Waals surface area contributed by atoms with Gasteiger partial charge in [-0.2, -0.15) is 0 Å². The molecule has 148 valence electrons. The summed E-state index contributed by atoms with van der Waals surface area (Å²) in [4.78, 5) is 29.0. The zero-order chi connectivity index (χ0) is 20.8. The predicted molar refractivity (Wildman–Crippen MR) is 103 cm³/mol. The first-order valence-electron chi connectivity index (χ1n) is 8.71. The Labute approximate surface area is 165 Å². The summed E-state index contributed by atoms with van der Waals surface area (Å²) >= 11 is 0. The molecular weight excluding hydrogens is 380 g/mol. The van der Waals surface area contributed by atoms with Crippen molar-refractivity contribution in [2.24, 2.45) is 5.16 Å². The maximum atomic E-state index is 13.6. The lowest BCUT2D eigenvalue weighted by molar-refractivity contribution is 0.102. The van der Waals surface area contributed by atoms with Gasteiger partial charge in [-0.25, -0.2) is 18.7 Å². The van der Waals surface area contributed by atoms with Crippen molar-refractivity contribution >= 4 is 17.4 Å². The highest BCUT2D eigenvalue weighted by Gasteiger charge is 2.11. The number of nitrogens with one attached hydrogen (secondary N) is 1.